The van der Waals surface area contributed by atoms with E-state index in [2.05, 4.69) is 11.6 Å². The first-order valence-electron chi connectivity index (χ1n) is 10.00. The summed E-state index contributed by atoms with van der Waals surface area (Å²) in [4.78, 5) is 4.58. The fourth-order valence-corrected chi connectivity index (χ4v) is 3.22. The van der Waals surface area contributed by atoms with Crippen LogP contribution in [0.2, 0.25) is 0 Å². The minimum atomic E-state index is -0.334. The van der Waals surface area contributed by atoms with Gasteiger partial charge in [-0.15, -0.1) is 0 Å². The van der Waals surface area contributed by atoms with Crippen molar-refractivity contribution >= 4 is 6.08 Å². The molecule has 3 aromatic carbocycles. The third-order valence-electron chi connectivity index (χ3n) is 4.81. The molecule has 1 heterocycles. The Hall–Kier alpha value is -3.92. The minimum absolute atomic E-state index is 0.334. The predicted molar refractivity (Wildman–Crippen MR) is 121 cm³/mol. The molecule has 0 fully saturated rings. The summed E-state index contributed by atoms with van der Waals surface area (Å²) >= 11 is 0. The largest absolute Gasteiger partial charge is 0.473 e. The number of halogens is 1. The molecule has 4 heteroatoms. The maximum absolute atomic E-state index is 14.0. The Kier molecular flexibility index (Phi) is 6.38. The maximum Gasteiger partial charge on any atom is 0.225 e. The van der Waals surface area contributed by atoms with Crippen LogP contribution in [-0.2, 0) is 13.2 Å². The van der Waals surface area contributed by atoms with Crippen molar-refractivity contribution in [3.63, 3.8) is 0 Å². The van der Waals surface area contributed by atoms with Gasteiger partial charge in [-0.3, -0.25) is 0 Å². The molecular formula is C27H22FNO2. The number of hydrogen-bond acceptors (Lipinski definition) is 3. The topological polar surface area (TPSA) is 31.4 Å². The molecule has 1 aromatic heterocycles. The van der Waals surface area contributed by atoms with E-state index in [1.807, 2.05) is 66.7 Å². The quantitative estimate of drug-likeness (QED) is 0.324. The molecule has 0 saturated carbocycles. The molecule has 0 aliphatic carbocycles. The number of rotatable bonds is 8. The molecule has 0 aliphatic rings. The van der Waals surface area contributed by atoms with Gasteiger partial charge in [-0.05, 0) is 40.5 Å². The van der Waals surface area contributed by atoms with E-state index < -0.39 is 0 Å². The molecule has 4 aromatic rings. The van der Waals surface area contributed by atoms with E-state index in [0.717, 1.165) is 16.7 Å². The average Bonchev–Trinajstić information content (AvgIpc) is 2.83. The van der Waals surface area contributed by atoms with E-state index in [1.165, 1.54) is 12.1 Å². The number of nitrogens with zero attached hydrogens (tertiary/aromatic N) is 1. The predicted octanol–water partition coefficient (Wildman–Crippen LogP) is 6.69. The molecule has 0 bridgehead atoms. The van der Waals surface area contributed by atoms with Crippen LogP contribution < -0.4 is 9.47 Å². The lowest BCUT2D eigenvalue weighted by atomic mass is 10.0. The Bertz CT molecular complexity index is 1160. The Labute approximate surface area is 181 Å². The lowest BCUT2D eigenvalue weighted by Gasteiger charge is -2.15. The Morgan fingerprint density at radius 1 is 0.742 bits per heavy atom. The van der Waals surface area contributed by atoms with Gasteiger partial charge in [-0.1, -0.05) is 79.4 Å². The maximum atomic E-state index is 14.0. The molecule has 0 radical (unpaired) electrons. The van der Waals surface area contributed by atoms with Gasteiger partial charge in [0, 0.05) is 11.6 Å². The van der Waals surface area contributed by atoms with Crippen molar-refractivity contribution in [1.29, 1.82) is 0 Å². The average molecular weight is 411 g/mol. The standard InChI is InChI=1S/C27H22FNO2/c1-2-22-13-14-23(28)17-25(22)24-15-16-26(30-18-20-9-5-3-6-10-20)29-27(24)31-19-21-11-7-4-8-12-21/h2-17H,1,18-19H2. The van der Waals surface area contributed by atoms with Crippen molar-refractivity contribution in [3.05, 3.63) is 120 Å². The molecule has 0 atom stereocenters. The van der Waals surface area contributed by atoms with Gasteiger partial charge >= 0.3 is 0 Å². The molecule has 31 heavy (non-hydrogen) atoms. The summed E-state index contributed by atoms with van der Waals surface area (Å²) in [6, 6.07) is 27.9. The van der Waals surface area contributed by atoms with Crippen molar-refractivity contribution in [3.8, 4) is 22.9 Å². The van der Waals surface area contributed by atoms with Crippen LogP contribution in [-0.4, -0.2) is 4.98 Å². The second-order valence-corrected chi connectivity index (χ2v) is 6.99. The molecule has 0 amide bonds. The van der Waals surface area contributed by atoms with Gasteiger partial charge in [0.2, 0.25) is 11.8 Å². The lowest BCUT2D eigenvalue weighted by molar-refractivity contribution is 0.268. The molecule has 0 spiro atoms. The van der Waals surface area contributed by atoms with Crippen LogP contribution in [0.25, 0.3) is 17.2 Å². The zero-order valence-electron chi connectivity index (χ0n) is 17.0. The fourth-order valence-electron chi connectivity index (χ4n) is 3.22. The first kappa shape index (κ1) is 20.4. The van der Waals surface area contributed by atoms with Gasteiger partial charge in [-0.25, -0.2) is 4.39 Å². The van der Waals surface area contributed by atoms with Gasteiger partial charge in [0.05, 0.1) is 0 Å². The van der Waals surface area contributed by atoms with E-state index >= 15 is 0 Å². The molecular weight excluding hydrogens is 389 g/mol. The van der Waals surface area contributed by atoms with Crippen LogP contribution >= 0.6 is 0 Å². The number of benzene rings is 3. The lowest BCUT2D eigenvalue weighted by Crippen LogP contribution is -2.03. The second kappa shape index (κ2) is 9.72. The highest BCUT2D eigenvalue weighted by Crippen LogP contribution is 2.34. The van der Waals surface area contributed by atoms with Crippen LogP contribution in [0.5, 0.6) is 11.8 Å². The fraction of sp³-hybridized carbons (Fsp3) is 0.0741. The smallest absolute Gasteiger partial charge is 0.225 e. The normalized spacial score (nSPS) is 10.5. The highest BCUT2D eigenvalue weighted by atomic mass is 19.1. The van der Waals surface area contributed by atoms with E-state index in [-0.39, 0.29) is 5.82 Å². The molecule has 0 aliphatic heterocycles. The van der Waals surface area contributed by atoms with Crippen LogP contribution in [0.1, 0.15) is 16.7 Å². The highest BCUT2D eigenvalue weighted by molar-refractivity contribution is 5.78. The van der Waals surface area contributed by atoms with Crippen LogP contribution in [0.3, 0.4) is 0 Å². The van der Waals surface area contributed by atoms with Crippen LogP contribution in [0.4, 0.5) is 4.39 Å². The molecule has 0 saturated heterocycles. The van der Waals surface area contributed by atoms with Gasteiger partial charge in [0.15, 0.2) is 0 Å². The van der Waals surface area contributed by atoms with Gasteiger partial charge in [0.1, 0.15) is 19.0 Å². The van der Waals surface area contributed by atoms with Crippen LogP contribution in [0.15, 0.2) is 97.6 Å². The Morgan fingerprint density at radius 3 is 2.03 bits per heavy atom. The zero-order valence-corrected chi connectivity index (χ0v) is 17.0. The SMILES string of the molecule is C=Cc1ccc(F)cc1-c1ccc(OCc2ccccc2)nc1OCc1ccccc1. The monoisotopic (exact) mass is 411 g/mol. The first-order valence-corrected chi connectivity index (χ1v) is 10.00. The van der Waals surface area contributed by atoms with E-state index in [9.17, 15) is 4.39 Å². The summed E-state index contributed by atoms with van der Waals surface area (Å²) in [5.41, 5.74) is 4.19. The van der Waals surface area contributed by atoms with Crippen molar-refractivity contribution < 1.29 is 13.9 Å². The summed E-state index contributed by atoms with van der Waals surface area (Å²) in [5, 5.41) is 0. The van der Waals surface area contributed by atoms with Crippen molar-refractivity contribution in [2.24, 2.45) is 0 Å². The Balaban J connectivity index is 1.66. The van der Waals surface area contributed by atoms with Crippen molar-refractivity contribution in [1.82, 2.24) is 4.98 Å². The van der Waals surface area contributed by atoms with Gasteiger partial charge in [-0.2, -0.15) is 4.98 Å². The second-order valence-electron chi connectivity index (χ2n) is 6.99. The number of ether oxygens (including phenoxy) is 2. The summed E-state index contributed by atoms with van der Waals surface area (Å²) < 4.78 is 26.0. The minimum Gasteiger partial charge on any atom is -0.473 e. The molecule has 3 nitrogen and oxygen atoms in total. The molecule has 154 valence electrons. The number of hydrogen-bond donors (Lipinski definition) is 0. The third kappa shape index (κ3) is 5.17. The van der Waals surface area contributed by atoms with Crippen molar-refractivity contribution in [2.75, 3.05) is 0 Å². The van der Waals surface area contributed by atoms with E-state index in [4.69, 9.17) is 9.47 Å². The molecule has 0 unspecified atom stereocenters. The van der Waals surface area contributed by atoms with Gasteiger partial charge in [0.25, 0.3) is 0 Å². The van der Waals surface area contributed by atoms with Crippen molar-refractivity contribution in [2.45, 2.75) is 13.2 Å². The third-order valence-corrected chi connectivity index (χ3v) is 4.81. The van der Waals surface area contributed by atoms with Gasteiger partial charge < -0.3 is 9.47 Å². The highest BCUT2D eigenvalue weighted by Gasteiger charge is 2.14. The zero-order chi connectivity index (χ0) is 21.5. The van der Waals surface area contributed by atoms with E-state index in [0.29, 0.717) is 36.1 Å². The summed E-state index contributed by atoms with van der Waals surface area (Å²) in [7, 11) is 0. The molecule has 4 rings (SSSR count). The first-order chi connectivity index (χ1) is 15.2. The summed E-state index contributed by atoms with van der Waals surface area (Å²) in [6.07, 6.45) is 1.69. The Morgan fingerprint density at radius 2 is 1.39 bits per heavy atom. The summed E-state index contributed by atoms with van der Waals surface area (Å²) in [5.74, 6) is 0.481. The number of pyridine rings is 1. The van der Waals surface area contributed by atoms with Crippen LogP contribution in [0, 0.1) is 5.82 Å². The van der Waals surface area contributed by atoms with E-state index in [1.54, 1.807) is 18.2 Å². The number of aromatic nitrogens is 1. The molecule has 0 N–H and O–H groups in total. The summed E-state index contributed by atoms with van der Waals surface area (Å²) in [6.45, 7) is 4.57.